The average molecular weight is 291 g/mol. The van der Waals surface area contributed by atoms with Crippen LogP contribution in [0.1, 0.15) is 12.5 Å². The van der Waals surface area contributed by atoms with Gasteiger partial charge in [0.25, 0.3) is 5.69 Å². The van der Waals surface area contributed by atoms with E-state index in [4.69, 9.17) is 4.74 Å². The van der Waals surface area contributed by atoms with Gasteiger partial charge in [-0.15, -0.1) is 0 Å². The van der Waals surface area contributed by atoms with Crippen LogP contribution in [0.15, 0.2) is 18.2 Å². The molecule has 0 saturated carbocycles. The molecule has 21 heavy (non-hydrogen) atoms. The summed E-state index contributed by atoms with van der Waals surface area (Å²) in [6.45, 7) is 6.16. The van der Waals surface area contributed by atoms with E-state index in [0.29, 0.717) is 24.4 Å². The predicted octanol–water partition coefficient (Wildman–Crippen LogP) is 1.64. The molecule has 2 saturated heterocycles. The summed E-state index contributed by atoms with van der Waals surface area (Å²) in [7, 11) is 1.61. The van der Waals surface area contributed by atoms with Crippen molar-refractivity contribution in [2.24, 2.45) is 11.8 Å². The highest BCUT2D eigenvalue weighted by atomic mass is 16.6. The van der Waals surface area contributed by atoms with Gasteiger partial charge in [0.05, 0.1) is 12.0 Å². The van der Waals surface area contributed by atoms with Gasteiger partial charge in [0.1, 0.15) is 5.75 Å². The molecule has 0 aromatic heterocycles. The van der Waals surface area contributed by atoms with Crippen molar-refractivity contribution >= 4 is 5.69 Å². The molecule has 114 valence electrons. The number of nitro groups is 1. The van der Waals surface area contributed by atoms with Crippen LogP contribution in [0.3, 0.4) is 0 Å². The zero-order valence-corrected chi connectivity index (χ0v) is 12.4. The first kappa shape index (κ1) is 14.3. The van der Waals surface area contributed by atoms with Crippen molar-refractivity contribution in [2.45, 2.75) is 19.5 Å². The van der Waals surface area contributed by atoms with Gasteiger partial charge in [0.15, 0.2) is 0 Å². The number of nitrogens with zero attached hydrogens (tertiary/aromatic N) is 2. The molecule has 3 rings (SSSR count). The van der Waals surface area contributed by atoms with Crippen molar-refractivity contribution < 1.29 is 9.66 Å². The molecule has 6 heteroatoms. The van der Waals surface area contributed by atoms with E-state index in [2.05, 4.69) is 17.1 Å². The summed E-state index contributed by atoms with van der Waals surface area (Å²) in [5.41, 5.74) is 1.02. The zero-order chi connectivity index (χ0) is 15.0. The van der Waals surface area contributed by atoms with Crippen molar-refractivity contribution in [3.8, 4) is 5.75 Å². The first-order valence-electron chi connectivity index (χ1n) is 7.36. The Morgan fingerprint density at radius 2 is 2.29 bits per heavy atom. The zero-order valence-electron chi connectivity index (χ0n) is 12.4. The van der Waals surface area contributed by atoms with Crippen LogP contribution in [0.25, 0.3) is 0 Å². The number of rotatable bonds is 4. The minimum absolute atomic E-state index is 0.125. The molecule has 6 nitrogen and oxygen atoms in total. The number of ether oxygens (including phenoxy) is 1. The second-order valence-electron chi connectivity index (χ2n) is 6.01. The number of nitro benzene ring substituents is 1. The second kappa shape index (κ2) is 5.61. The molecule has 2 aliphatic rings. The highest BCUT2D eigenvalue weighted by Gasteiger charge is 2.41. The third-order valence-electron chi connectivity index (χ3n) is 4.90. The Hall–Kier alpha value is -1.66. The van der Waals surface area contributed by atoms with E-state index < -0.39 is 0 Å². The lowest BCUT2D eigenvalue weighted by atomic mass is 9.95. The molecule has 3 unspecified atom stereocenters. The van der Waals surface area contributed by atoms with Crippen LogP contribution < -0.4 is 10.1 Å². The Morgan fingerprint density at radius 1 is 1.48 bits per heavy atom. The minimum Gasteiger partial charge on any atom is -0.496 e. The Balaban J connectivity index is 1.81. The lowest BCUT2D eigenvalue weighted by Crippen LogP contribution is -2.32. The molecule has 2 aliphatic heterocycles. The highest BCUT2D eigenvalue weighted by molar-refractivity contribution is 5.43. The quantitative estimate of drug-likeness (QED) is 0.675. The summed E-state index contributed by atoms with van der Waals surface area (Å²) in [4.78, 5) is 13.0. The number of fused-ring (bicyclic) bond motifs is 1. The predicted molar refractivity (Wildman–Crippen MR) is 79.4 cm³/mol. The monoisotopic (exact) mass is 291 g/mol. The SMILES string of the molecule is COc1ccc([N+](=O)[O-])cc1CN1CC2CNCC2C1C. The van der Waals surface area contributed by atoms with E-state index in [1.54, 1.807) is 19.2 Å². The number of benzene rings is 1. The summed E-state index contributed by atoms with van der Waals surface area (Å²) >= 11 is 0. The Bertz CT molecular complexity index is 549. The number of non-ortho nitro benzene ring substituents is 1. The molecule has 0 bridgehead atoms. The van der Waals surface area contributed by atoms with Crippen LogP contribution in [0.2, 0.25) is 0 Å². The largest absolute Gasteiger partial charge is 0.496 e. The topological polar surface area (TPSA) is 67.6 Å². The standard InChI is InChI=1S/C15H21N3O3/c1-10-14-7-16-6-12(14)9-17(10)8-11-5-13(18(19)20)3-4-15(11)21-2/h3-5,10,12,14,16H,6-9H2,1-2H3. The Kier molecular flexibility index (Phi) is 3.82. The molecule has 2 heterocycles. The number of likely N-dealkylation sites (tertiary alicyclic amines) is 1. The highest BCUT2D eigenvalue weighted by Crippen LogP contribution is 2.35. The van der Waals surface area contributed by atoms with Gasteiger partial charge in [0.2, 0.25) is 0 Å². The lowest BCUT2D eigenvalue weighted by Gasteiger charge is -2.25. The van der Waals surface area contributed by atoms with E-state index in [0.717, 1.165) is 30.9 Å². The maximum absolute atomic E-state index is 11.0. The Labute approximate surface area is 124 Å². The van der Waals surface area contributed by atoms with Crippen LogP contribution >= 0.6 is 0 Å². The average Bonchev–Trinajstić information content (AvgIpc) is 3.03. The normalized spacial score (nSPS) is 28.6. The fraction of sp³-hybridized carbons (Fsp3) is 0.600. The van der Waals surface area contributed by atoms with Crippen molar-refractivity contribution in [3.05, 3.63) is 33.9 Å². The smallest absolute Gasteiger partial charge is 0.270 e. The fourth-order valence-corrected chi connectivity index (χ4v) is 3.69. The van der Waals surface area contributed by atoms with Crippen molar-refractivity contribution in [1.29, 1.82) is 0 Å². The maximum Gasteiger partial charge on any atom is 0.270 e. The molecule has 2 fully saturated rings. The summed E-state index contributed by atoms with van der Waals surface area (Å²) in [6, 6.07) is 5.32. The number of hydrogen-bond donors (Lipinski definition) is 1. The van der Waals surface area contributed by atoms with E-state index >= 15 is 0 Å². The summed E-state index contributed by atoms with van der Waals surface area (Å²) in [6.07, 6.45) is 0. The molecule has 1 aromatic rings. The third-order valence-corrected chi connectivity index (χ3v) is 4.90. The van der Waals surface area contributed by atoms with Gasteiger partial charge < -0.3 is 10.1 Å². The van der Waals surface area contributed by atoms with Gasteiger partial charge in [-0.1, -0.05) is 0 Å². The molecular weight excluding hydrogens is 270 g/mol. The second-order valence-corrected chi connectivity index (χ2v) is 6.01. The van der Waals surface area contributed by atoms with Gasteiger partial charge in [-0.05, 0) is 37.9 Å². The van der Waals surface area contributed by atoms with Crippen LogP contribution in [-0.2, 0) is 6.54 Å². The molecule has 0 amide bonds. The van der Waals surface area contributed by atoms with Gasteiger partial charge in [0, 0.05) is 36.8 Å². The van der Waals surface area contributed by atoms with Gasteiger partial charge in [-0.2, -0.15) is 0 Å². The molecule has 0 radical (unpaired) electrons. The molecule has 1 aromatic carbocycles. The van der Waals surface area contributed by atoms with Crippen LogP contribution in [-0.4, -0.2) is 42.6 Å². The van der Waals surface area contributed by atoms with Crippen molar-refractivity contribution in [2.75, 3.05) is 26.7 Å². The summed E-state index contributed by atoms with van der Waals surface area (Å²) in [5.74, 6) is 2.11. The van der Waals surface area contributed by atoms with Crippen LogP contribution in [0.5, 0.6) is 5.75 Å². The molecular formula is C15H21N3O3. The fourth-order valence-electron chi connectivity index (χ4n) is 3.69. The Morgan fingerprint density at radius 3 is 2.95 bits per heavy atom. The van der Waals surface area contributed by atoms with E-state index in [9.17, 15) is 10.1 Å². The van der Waals surface area contributed by atoms with Gasteiger partial charge >= 0.3 is 0 Å². The number of nitrogens with one attached hydrogen (secondary N) is 1. The number of hydrogen-bond acceptors (Lipinski definition) is 5. The summed E-state index contributed by atoms with van der Waals surface area (Å²) in [5, 5.41) is 14.4. The molecule has 0 spiro atoms. The maximum atomic E-state index is 11.0. The van der Waals surface area contributed by atoms with Crippen molar-refractivity contribution in [3.63, 3.8) is 0 Å². The van der Waals surface area contributed by atoms with Crippen LogP contribution in [0.4, 0.5) is 5.69 Å². The molecule has 1 N–H and O–H groups in total. The first-order valence-corrected chi connectivity index (χ1v) is 7.36. The summed E-state index contributed by atoms with van der Waals surface area (Å²) < 4.78 is 5.36. The minimum atomic E-state index is -0.352. The van der Waals surface area contributed by atoms with E-state index in [1.807, 2.05) is 0 Å². The van der Waals surface area contributed by atoms with E-state index in [1.165, 1.54) is 6.07 Å². The third kappa shape index (κ3) is 2.61. The van der Waals surface area contributed by atoms with Crippen LogP contribution in [0, 0.1) is 22.0 Å². The van der Waals surface area contributed by atoms with Gasteiger partial charge in [-0.25, -0.2) is 0 Å². The van der Waals surface area contributed by atoms with E-state index in [-0.39, 0.29) is 10.6 Å². The van der Waals surface area contributed by atoms with Crippen molar-refractivity contribution in [1.82, 2.24) is 10.2 Å². The van der Waals surface area contributed by atoms with Gasteiger partial charge in [-0.3, -0.25) is 15.0 Å². The lowest BCUT2D eigenvalue weighted by molar-refractivity contribution is -0.385. The number of methoxy groups -OCH3 is 1. The molecule has 3 atom stereocenters. The first-order chi connectivity index (χ1) is 10.1. The molecule has 0 aliphatic carbocycles.